The van der Waals surface area contributed by atoms with Crippen LogP contribution in [0.3, 0.4) is 0 Å². The Bertz CT molecular complexity index is 1210. The minimum absolute atomic E-state index is 0.385. The molecule has 1 aliphatic rings. The van der Waals surface area contributed by atoms with Gasteiger partial charge in [0.25, 0.3) is 0 Å². The first kappa shape index (κ1) is 22.3. The highest BCUT2D eigenvalue weighted by atomic mass is 32.2. The minimum Gasteiger partial charge on any atom is -0.356 e. The highest BCUT2D eigenvalue weighted by Crippen LogP contribution is 2.32. The molecule has 1 atom stereocenters. The van der Waals surface area contributed by atoms with E-state index in [2.05, 4.69) is 36.1 Å². The molecule has 0 saturated heterocycles. The smallest absolute Gasteiger partial charge is 0.239 e. The van der Waals surface area contributed by atoms with Crippen molar-refractivity contribution in [2.24, 2.45) is 10.3 Å². The average molecular weight is 451 g/mol. The maximum atomic E-state index is 13.5. The second-order valence-electron chi connectivity index (χ2n) is 8.62. The molecule has 168 valence electrons. The zero-order valence-electron chi connectivity index (χ0n) is 18.7. The van der Waals surface area contributed by atoms with Gasteiger partial charge in [0, 0.05) is 37.7 Å². The molecule has 0 aliphatic heterocycles. The maximum Gasteiger partial charge on any atom is 0.239 e. The molecule has 1 aromatic carbocycles. The fourth-order valence-corrected chi connectivity index (χ4v) is 6.85. The quantitative estimate of drug-likeness (QED) is 0.531. The van der Waals surface area contributed by atoms with Crippen molar-refractivity contribution in [3.05, 3.63) is 65.4 Å². The van der Waals surface area contributed by atoms with E-state index in [1.54, 1.807) is 13.4 Å². The van der Waals surface area contributed by atoms with Crippen LogP contribution in [0.1, 0.15) is 36.8 Å². The Morgan fingerprint density at radius 1 is 1.16 bits per heavy atom. The zero-order chi connectivity index (χ0) is 22.6. The molecule has 4 rings (SSSR count). The van der Waals surface area contributed by atoms with E-state index in [4.69, 9.17) is 6.57 Å². The largest absolute Gasteiger partial charge is 0.356 e. The van der Waals surface area contributed by atoms with Gasteiger partial charge in [0.1, 0.15) is 17.8 Å². The molecular weight excluding hydrogens is 420 g/mol. The summed E-state index contributed by atoms with van der Waals surface area (Å²) in [5, 5.41) is 1.05. The summed E-state index contributed by atoms with van der Waals surface area (Å²) >= 11 is 0. The van der Waals surface area contributed by atoms with Crippen molar-refractivity contribution in [2.45, 2.75) is 44.0 Å². The summed E-state index contributed by atoms with van der Waals surface area (Å²) in [5.74, 6) is 2.52. The summed E-state index contributed by atoms with van der Waals surface area (Å²) in [6.45, 7) is 7.37. The van der Waals surface area contributed by atoms with Gasteiger partial charge < -0.3 is 14.7 Å². The third-order valence-corrected chi connectivity index (χ3v) is 8.98. The number of benzene rings is 1. The molecule has 1 unspecified atom stereocenters. The van der Waals surface area contributed by atoms with Crippen molar-refractivity contribution in [1.82, 2.24) is 15.0 Å². The number of nitrogens with zero attached hydrogens (tertiary/aromatic N) is 5. The number of hydrogen-bond donors (Lipinski definition) is 1. The molecule has 0 spiro atoms. The van der Waals surface area contributed by atoms with Crippen molar-refractivity contribution in [3.63, 3.8) is 0 Å². The van der Waals surface area contributed by atoms with Crippen molar-refractivity contribution < 1.29 is 4.21 Å². The summed E-state index contributed by atoms with van der Waals surface area (Å²) < 4.78 is 17.9. The first-order chi connectivity index (χ1) is 15.5. The number of hydrogen-bond acceptors (Lipinski definition) is 5. The van der Waals surface area contributed by atoms with E-state index in [1.165, 1.54) is 0 Å². The SMILES string of the molecule is [C-]#[N+]Cc1ccc(CS(=O)(CC2CCC(N(C)c3ncnc4[nH]ccc34)CC2)=NC)cc1. The Morgan fingerprint density at radius 2 is 1.88 bits per heavy atom. The van der Waals surface area contributed by atoms with Gasteiger partial charge in [-0.3, -0.25) is 0 Å². The lowest BCUT2D eigenvalue weighted by molar-refractivity contribution is 0.342. The van der Waals surface area contributed by atoms with E-state index in [0.717, 1.165) is 53.7 Å². The molecule has 0 amide bonds. The number of fused-ring (bicyclic) bond motifs is 1. The number of H-pyrrole nitrogens is 1. The highest BCUT2D eigenvalue weighted by molar-refractivity contribution is 7.92. The number of nitrogens with one attached hydrogen (secondary N) is 1. The van der Waals surface area contributed by atoms with Crippen LogP contribution in [0.4, 0.5) is 5.82 Å². The third kappa shape index (κ3) is 4.94. The van der Waals surface area contributed by atoms with Crippen LogP contribution < -0.4 is 4.90 Å². The predicted molar refractivity (Wildman–Crippen MR) is 130 cm³/mol. The second kappa shape index (κ2) is 9.70. The van der Waals surface area contributed by atoms with E-state index >= 15 is 0 Å². The number of anilines is 1. The Balaban J connectivity index is 1.36. The van der Waals surface area contributed by atoms with Crippen molar-refractivity contribution in [3.8, 4) is 0 Å². The first-order valence-corrected chi connectivity index (χ1v) is 12.9. The van der Waals surface area contributed by atoms with E-state index in [9.17, 15) is 4.21 Å². The Morgan fingerprint density at radius 3 is 2.56 bits per heavy atom. The number of aromatic nitrogens is 3. The van der Waals surface area contributed by atoms with Crippen LogP contribution in [-0.4, -0.2) is 45.1 Å². The molecule has 0 radical (unpaired) electrons. The predicted octanol–water partition coefficient (Wildman–Crippen LogP) is 4.67. The van der Waals surface area contributed by atoms with Gasteiger partial charge in [0.15, 0.2) is 0 Å². The van der Waals surface area contributed by atoms with Gasteiger partial charge in [-0.15, -0.1) is 0 Å². The summed E-state index contributed by atoms with van der Waals surface area (Å²) in [4.78, 5) is 17.7. The summed E-state index contributed by atoms with van der Waals surface area (Å²) in [5.41, 5.74) is 2.88. The van der Waals surface area contributed by atoms with Gasteiger partial charge in [-0.05, 0) is 43.2 Å². The fraction of sp³-hybridized carbons (Fsp3) is 0.458. The van der Waals surface area contributed by atoms with Gasteiger partial charge in [0.2, 0.25) is 6.54 Å². The molecule has 0 bridgehead atoms. The number of aromatic amines is 1. The number of rotatable bonds is 7. The van der Waals surface area contributed by atoms with E-state index < -0.39 is 9.73 Å². The lowest BCUT2D eigenvalue weighted by Gasteiger charge is -2.35. The highest BCUT2D eigenvalue weighted by Gasteiger charge is 2.28. The monoisotopic (exact) mass is 450 g/mol. The third-order valence-electron chi connectivity index (χ3n) is 6.54. The maximum absolute atomic E-state index is 13.5. The molecule has 3 aromatic rings. The summed E-state index contributed by atoms with van der Waals surface area (Å²) in [7, 11) is 1.51. The van der Waals surface area contributed by atoms with Crippen LogP contribution in [0, 0.1) is 12.5 Å². The van der Waals surface area contributed by atoms with Gasteiger partial charge in [0.05, 0.1) is 20.9 Å². The Labute approximate surface area is 190 Å². The van der Waals surface area contributed by atoms with Crippen molar-refractivity contribution in [1.29, 1.82) is 0 Å². The van der Waals surface area contributed by atoms with E-state index in [-0.39, 0.29) is 0 Å². The molecule has 1 aliphatic carbocycles. The molecule has 32 heavy (non-hydrogen) atoms. The van der Waals surface area contributed by atoms with E-state index in [1.807, 2.05) is 36.5 Å². The fourth-order valence-electron chi connectivity index (χ4n) is 4.67. The topological polar surface area (TPSA) is 78.6 Å². The molecular formula is C24H30N6OS. The molecule has 1 saturated carbocycles. The van der Waals surface area contributed by atoms with Gasteiger partial charge in [-0.1, -0.05) is 24.3 Å². The lowest BCUT2D eigenvalue weighted by Crippen LogP contribution is -2.37. The Kier molecular flexibility index (Phi) is 6.75. The first-order valence-electron chi connectivity index (χ1n) is 11.0. The van der Waals surface area contributed by atoms with Crippen LogP contribution in [0.15, 0.2) is 47.2 Å². The van der Waals surface area contributed by atoms with Gasteiger partial charge in [-0.2, -0.15) is 0 Å². The molecule has 2 aromatic heterocycles. The second-order valence-corrected chi connectivity index (χ2v) is 11.2. The van der Waals surface area contributed by atoms with Crippen molar-refractivity contribution in [2.75, 3.05) is 24.7 Å². The average Bonchev–Trinajstić information content (AvgIpc) is 3.30. The standard InChI is InChI=1S/C24H30N6OS/c1-25-14-18-4-6-19(7-5-18)15-32(31,26-2)16-20-8-10-21(11-9-20)30(3)24-22-12-13-27-23(22)28-17-29-24/h4-7,12-13,17,20-21H,8-11,14-16H2,2-3H3,(H,27,28,29). The molecule has 2 heterocycles. The lowest BCUT2D eigenvalue weighted by atomic mass is 9.86. The van der Waals surface area contributed by atoms with Gasteiger partial charge >= 0.3 is 0 Å². The normalized spacial score (nSPS) is 20.4. The summed E-state index contributed by atoms with van der Waals surface area (Å²) in [6, 6.07) is 10.3. The molecule has 1 N–H and O–H groups in total. The van der Waals surface area contributed by atoms with Crippen LogP contribution in [0.2, 0.25) is 0 Å². The minimum atomic E-state index is -2.29. The van der Waals surface area contributed by atoms with Crippen LogP contribution in [-0.2, 0) is 22.0 Å². The Hall–Kier alpha value is -2.92. The molecule has 7 nitrogen and oxygen atoms in total. The van der Waals surface area contributed by atoms with Crippen LogP contribution in [0.5, 0.6) is 0 Å². The molecule has 8 heteroatoms. The zero-order valence-corrected chi connectivity index (χ0v) is 19.5. The summed E-state index contributed by atoms with van der Waals surface area (Å²) in [6.07, 6.45) is 7.72. The van der Waals surface area contributed by atoms with Crippen LogP contribution >= 0.6 is 0 Å². The molecule has 1 fully saturated rings. The van der Waals surface area contributed by atoms with Gasteiger partial charge in [-0.25, -0.2) is 25.1 Å². The van der Waals surface area contributed by atoms with Crippen LogP contribution in [0.25, 0.3) is 15.9 Å². The van der Waals surface area contributed by atoms with E-state index in [0.29, 0.717) is 30.0 Å². The van der Waals surface area contributed by atoms with Crippen molar-refractivity contribution >= 4 is 26.6 Å².